The Hall–Kier alpha value is -1.75. The molecule has 66 valence electrons. The second-order valence-electron chi connectivity index (χ2n) is 2.58. The Balaban J connectivity index is 2.33. The van der Waals surface area contributed by atoms with Crippen molar-refractivity contribution in [2.24, 2.45) is 0 Å². The number of aromatic nitrogens is 4. The van der Waals surface area contributed by atoms with Crippen molar-refractivity contribution in [1.82, 2.24) is 20.2 Å². The molecule has 2 aromatic rings. The topological polar surface area (TPSA) is 63.8 Å². The molecule has 2 rings (SSSR count). The summed E-state index contributed by atoms with van der Waals surface area (Å²) in [5.41, 5.74) is 1.75. The number of hydrogen-bond donors (Lipinski definition) is 1. The van der Waals surface area contributed by atoms with E-state index in [1.54, 1.807) is 4.68 Å². The summed E-state index contributed by atoms with van der Waals surface area (Å²) >= 11 is 0. The fourth-order valence-electron chi connectivity index (χ4n) is 1.03. The number of rotatable bonds is 2. The van der Waals surface area contributed by atoms with E-state index in [2.05, 4.69) is 15.5 Å². The largest absolute Gasteiger partial charge is 0.392 e. The number of aliphatic hydroxyl groups is 1. The van der Waals surface area contributed by atoms with E-state index < -0.39 is 0 Å². The van der Waals surface area contributed by atoms with E-state index in [1.807, 2.05) is 24.3 Å². The van der Waals surface area contributed by atoms with Gasteiger partial charge in [0.2, 0.25) is 0 Å². The molecule has 1 heterocycles. The lowest BCUT2D eigenvalue weighted by Gasteiger charge is -1.99. The van der Waals surface area contributed by atoms with Crippen LogP contribution in [0, 0.1) is 0 Å². The number of hydrogen-bond acceptors (Lipinski definition) is 4. The minimum absolute atomic E-state index is 0.0515. The summed E-state index contributed by atoms with van der Waals surface area (Å²) in [6.45, 7) is 0.0515. The van der Waals surface area contributed by atoms with Crippen LogP contribution in [-0.4, -0.2) is 25.3 Å². The molecule has 0 amide bonds. The standard InChI is InChI=1S/C8H8N4O/c13-5-7-1-3-8(4-2-7)12-6-9-10-11-12/h1-4,6,13H,5H2. The van der Waals surface area contributed by atoms with Crippen LogP contribution < -0.4 is 0 Å². The average Bonchev–Trinajstić information content (AvgIpc) is 2.71. The van der Waals surface area contributed by atoms with Gasteiger partial charge in [-0.25, -0.2) is 4.68 Å². The highest BCUT2D eigenvalue weighted by atomic mass is 16.3. The fraction of sp³-hybridized carbons (Fsp3) is 0.125. The number of nitrogens with zero attached hydrogens (tertiary/aromatic N) is 4. The minimum Gasteiger partial charge on any atom is -0.392 e. The maximum absolute atomic E-state index is 8.81. The first-order valence-corrected chi connectivity index (χ1v) is 3.83. The third-order valence-electron chi connectivity index (χ3n) is 1.73. The lowest BCUT2D eigenvalue weighted by Crippen LogP contribution is -1.95. The molecule has 1 aromatic heterocycles. The first kappa shape index (κ1) is 7.88. The number of tetrazole rings is 1. The molecule has 1 N–H and O–H groups in total. The highest BCUT2D eigenvalue weighted by Crippen LogP contribution is 2.06. The van der Waals surface area contributed by atoms with Gasteiger partial charge in [-0.1, -0.05) is 12.1 Å². The Morgan fingerprint density at radius 1 is 1.23 bits per heavy atom. The number of benzene rings is 1. The summed E-state index contributed by atoms with van der Waals surface area (Å²) in [4.78, 5) is 0. The molecular formula is C8H8N4O. The Labute approximate surface area is 74.6 Å². The zero-order chi connectivity index (χ0) is 9.10. The third-order valence-corrected chi connectivity index (χ3v) is 1.73. The Morgan fingerprint density at radius 3 is 2.54 bits per heavy atom. The quantitative estimate of drug-likeness (QED) is 0.707. The molecular weight excluding hydrogens is 168 g/mol. The van der Waals surface area contributed by atoms with Gasteiger partial charge in [0.25, 0.3) is 0 Å². The summed E-state index contributed by atoms with van der Waals surface area (Å²) in [6, 6.07) is 7.36. The van der Waals surface area contributed by atoms with Crippen molar-refractivity contribution >= 4 is 0 Å². The highest BCUT2D eigenvalue weighted by molar-refractivity contribution is 5.32. The predicted octanol–water partition coefficient (Wildman–Crippen LogP) is 0.155. The van der Waals surface area contributed by atoms with Gasteiger partial charge in [0.05, 0.1) is 12.3 Å². The van der Waals surface area contributed by atoms with Crippen LogP contribution in [0.2, 0.25) is 0 Å². The number of aliphatic hydroxyl groups excluding tert-OH is 1. The lowest BCUT2D eigenvalue weighted by atomic mass is 10.2. The van der Waals surface area contributed by atoms with Crippen LogP contribution in [-0.2, 0) is 6.61 Å². The van der Waals surface area contributed by atoms with Crippen LogP contribution in [0.3, 0.4) is 0 Å². The van der Waals surface area contributed by atoms with E-state index in [-0.39, 0.29) is 6.61 Å². The van der Waals surface area contributed by atoms with Crippen LogP contribution in [0.25, 0.3) is 5.69 Å². The zero-order valence-corrected chi connectivity index (χ0v) is 6.83. The monoisotopic (exact) mass is 176 g/mol. The summed E-state index contributed by atoms with van der Waals surface area (Å²) in [7, 11) is 0. The molecule has 0 saturated carbocycles. The molecule has 0 aliphatic carbocycles. The van der Waals surface area contributed by atoms with E-state index in [1.165, 1.54) is 6.33 Å². The fourth-order valence-corrected chi connectivity index (χ4v) is 1.03. The minimum atomic E-state index is 0.0515. The molecule has 0 aliphatic rings. The van der Waals surface area contributed by atoms with E-state index in [4.69, 9.17) is 5.11 Å². The van der Waals surface area contributed by atoms with Crippen molar-refractivity contribution in [3.63, 3.8) is 0 Å². The summed E-state index contributed by atoms with van der Waals surface area (Å²) < 4.78 is 1.56. The van der Waals surface area contributed by atoms with E-state index >= 15 is 0 Å². The van der Waals surface area contributed by atoms with E-state index in [0.29, 0.717) is 0 Å². The summed E-state index contributed by atoms with van der Waals surface area (Å²) in [5.74, 6) is 0. The second kappa shape index (κ2) is 3.32. The molecule has 1 aromatic carbocycles. The van der Waals surface area contributed by atoms with E-state index in [0.717, 1.165) is 11.3 Å². The van der Waals surface area contributed by atoms with Gasteiger partial charge >= 0.3 is 0 Å². The molecule has 0 unspecified atom stereocenters. The highest BCUT2D eigenvalue weighted by Gasteiger charge is 1.96. The summed E-state index contributed by atoms with van der Waals surface area (Å²) in [5, 5.41) is 19.6. The molecule has 0 saturated heterocycles. The normalized spacial score (nSPS) is 10.2. The van der Waals surface area contributed by atoms with Crippen LogP contribution in [0.5, 0.6) is 0 Å². The van der Waals surface area contributed by atoms with Crippen molar-refractivity contribution in [3.05, 3.63) is 36.2 Å². The van der Waals surface area contributed by atoms with Gasteiger partial charge in [-0.05, 0) is 28.1 Å². The van der Waals surface area contributed by atoms with Gasteiger partial charge in [-0.15, -0.1) is 5.10 Å². The molecule has 0 spiro atoms. The van der Waals surface area contributed by atoms with E-state index in [9.17, 15) is 0 Å². The first-order chi connectivity index (χ1) is 6.40. The molecule has 5 heteroatoms. The van der Waals surface area contributed by atoms with Gasteiger partial charge in [0, 0.05) is 0 Å². The van der Waals surface area contributed by atoms with Crippen LogP contribution >= 0.6 is 0 Å². The maximum Gasteiger partial charge on any atom is 0.143 e. The van der Waals surface area contributed by atoms with Crippen molar-refractivity contribution in [2.45, 2.75) is 6.61 Å². The van der Waals surface area contributed by atoms with Gasteiger partial charge < -0.3 is 5.11 Å². The third kappa shape index (κ3) is 1.54. The molecule has 13 heavy (non-hydrogen) atoms. The molecule has 5 nitrogen and oxygen atoms in total. The van der Waals surface area contributed by atoms with Gasteiger partial charge in [-0.2, -0.15) is 0 Å². The zero-order valence-electron chi connectivity index (χ0n) is 6.83. The van der Waals surface area contributed by atoms with Crippen LogP contribution in [0.1, 0.15) is 5.56 Å². The van der Waals surface area contributed by atoms with Gasteiger partial charge in [-0.3, -0.25) is 0 Å². The smallest absolute Gasteiger partial charge is 0.143 e. The first-order valence-electron chi connectivity index (χ1n) is 3.83. The molecule has 0 fully saturated rings. The molecule has 0 atom stereocenters. The predicted molar refractivity (Wildman–Crippen MR) is 45.1 cm³/mol. The van der Waals surface area contributed by atoms with Crippen LogP contribution in [0.15, 0.2) is 30.6 Å². The lowest BCUT2D eigenvalue weighted by molar-refractivity contribution is 0.282. The van der Waals surface area contributed by atoms with Gasteiger partial charge in [0.15, 0.2) is 0 Å². The van der Waals surface area contributed by atoms with Crippen LogP contribution in [0.4, 0.5) is 0 Å². The molecule has 0 radical (unpaired) electrons. The van der Waals surface area contributed by atoms with Crippen molar-refractivity contribution in [1.29, 1.82) is 0 Å². The maximum atomic E-state index is 8.81. The van der Waals surface area contributed by atoms with Crippen molar-refractivity contribution in [2.75, 3.05) is 0 Å². The Kier molecular flexibility index (Phi) is 2.01. The molecule has 0 bridgehead atoms. The van der Waals surface area contributed by atoms with Crippen molar-refractivity contribution < 1.29 is 5.11 Å². The van der Waals surface area contributed by atoms with Crippen molar-refractivity contribution in [3.8, 4) is 5.69 Å². The Morgan fingerprint density at radius 2 is 2.00 bits per heavy atom. The molecule has 0 aliphatic heterocycles. The average molecular weight is 176 g/mol. The second-order valence-corrected chi connectivity index (χ2v) is 2.58. The Bertz CT molecular complexity index is 368. The summed E-state index contributed by atoms with van der Waals surface area (Å²) in [6.07, 6.45) is 1.52. The van der Waals surface area contributed by atoms with Gasteiger partial charge in [0.1, 0.15) is 6.33 Å². The SMILES string of the molecule is OCc1ccc(-n2cnnn2)cc1.